The third kappa shape index (κ3) is 1.23. The fraction of sp³-hybridized carbons (Fsp3) is 0.308. The molecule has 82 valence electrons. The van der Waals surface area contributed by atoms with Gasteiger partial charge >= 0.3 is 0 Å². The summed E-state index contributed by atoms with van der Waals surface area (Å²) in [5.41, 5.74) is 11.5. The van der Waals surface area contributed by atoms with Gasteiger partial charge in [0.2, 0.25) is 0 Å². The van der Waals surface area contributed by atoms with Crippen LogP contribution in [-0.4, -0.2) is 4.98 Å². The molecule has 0 spiro atoms. The van der Waals surface area contributed by atoms with E-state index in [2.05, 4.69) is 11.9 Å². The summed E-state index contributed by atoms with van der Waals surface area (Å²) in [5, 5.41) is 1.73. The van der Waals surface area contributed by atoms with Crippen molar-refractivity contribution in [3.05, 3.63) is 34.0 Å². The molecule has 3 heteroatoms. The van der Waals surface area contributed by atoms with E-state index >= 15 is 0 Å². The van der Waals surface area contributed by atoms with Crippen LogP contribution in [-0.2, 0) is 12.8 Å². The lowest BCUT2D eigenvalue weighted by Crippen LogP contribution is -2.00. The summed E-state index contributed by atoms with van der Waals surface area (Å²) in [6.45, 7) is 2.05. The molecule has 2 aromatic rings. The first-order valence-electron chi connectivity index (χ1n) is 5.54. The molecule has 3 rings (SSSR count). The van der Waals surface area contributed by atoms with E-state index in [-0.39, 0.29) is 0 Å². The number of rotatable bonds is 0. The van der Waals surface area contributed by atoms with Crippen LogP contribution >= 0.6 is 11.6 Å². The average molecular weight is 233 g/mol. The van der Waals surface area contributed by atoms with E-state index in [4.69, 9.17) is 17.3 Å². The Morgan fingerprint density at radius 2 is 2.12 bits per heavy atom. The number of hydrogen-bond acceptors (Lipinski definition) is 2. The van der Waals surface area contributed by atoms with Crippen molar-refractivity contribution >= 4 is 28.2 Å². The molecule has 0 amide bonds. The molecule has 0 saturated heterocycles. The quantitative estimate of drug-likeness (QED) is 0.757. The second kappa shape index (κ2) is 3.36. The molecule has 0 unspecified atom stereocenters. The van der Waals surface area contributed by atoms with Crippen LogP contribution in [0.25, 0.3) is 10.9 Å². The van der Waals surface area contributed by atoms with Crippen molar-refractivity contribution in [3.8, 4) is 0 Å². The summed E-state index contributed by atoms with van der Waals surface area (Å²) >= 11 is 6.18. The van der Waals surface area contributed by atoms with Gasteiger partial charge in [-0.05, 0) is 43.4 Å². The normalized spacial score (nSPS) is 14.4. The van der Waals surface area contributed by atoms with Crippen LogP contribution < -0.4 is 5.73 Å². The standard InChI is InChI=1S/C13H13ClN2/c1-7-5-6-9(14)13-11(7)12(15)8-3-2-4-10(8)16-13/h5-6H,2-4H2,1H3,(H2,15,16). The summed E-state index contributed by atoms with van der Waals surface area (Å²) < 4.78 is 0. The Bertz CT molecular complexity index is 590. The maximum Gasteiger partial charge on any atom is 0.0915 e. The van der Waals surface area contributed by atoms with Crippen LogP contribution in [0, 0.1) is 6.92 Å². The highest BCUT2D eigenvalue weighted by molar-refractivity contribution is 6.35. The Balaban J connectivity index is 2.50. The van der Waals surface area contributed by atoms with Crippen molar-refractivity contribution in [3.63, 3.8) is 0 Å². The molecule has 1 aliphatic carbocycles. The molecule has 0 bridgehead atoms. The molecule has 2 nitrogen and oxygen atoms in total. The van der Waals surface area contributed by atoms with Crippen molar-refractivity contribution in [2.75, 3.05) is 5.73 Å². The third-order valence-electron chi connectivity index (χ3n) is 3.37. The number of fused-ring (bicyclic) bond motifs is 2. The van der Waals surface area contributed by atoms with E-state index in [9.17, 15) is 0 Å². The minimum absolute atomic E-state index is 0.696. The third-order valence-corrected chi connectivity index (χ3v) is 3.67. The highest BCUT2D eigenvalue weighted by atomic mass is 35.5. The molecule has 0 aliphatic heterocycles. The summed E-state index contributed by atoms with van der Waals surface area (Å²) in [4.78, 5) is 4.66. The van der Waals surface area contributed by atoms with Crippen LogP contribution in [0.2, 0.25) is 5.02 Å². The summed E-state index contributed by atoms with van der Waals surface area (Å²) in [5.74, 6) is 0. The smallest absolute Gasteiger partial charge is 0.0915 e. The first kappa shape index (κ1) is 9.91. The Hall–Kier alpha value is -1.28. The van der Waals surface area contributed by atoms with Crippen molar-refractivity contribution in [1.82, 2.24) is 4.98 Å². The van der Waals surface area contributed by atoms with Crippen LogP contribution in [0.4, 0.5) is 5.69 Å². The van der Waals surface area contributed by atoms with E-state index in [1.165, 1.54) is 5.56 Å². The molecule has 2 N–H and O–H groups in total. The maximum absolute atomic E-state index is 6.24. The topological polar surface area (TPSA) is 38.9 Å². The molecule has 1 heterocycles. The second-order valence-electron chi connectivity index (χ2n) is 4.39. The average Bonchev–Trinajstić information content (AvgIpc) is 2.72. The SMILES string of the molecule is Cc1ccc(Cl)c2nc3c(c(N)c12)CCC3. The van der Waals surface area contributed by atoms with E-state index in [1.54, 1.807) is 0 Å². The molecule has 1 aliphatic rings. The minimum Gasteiger partial charge on any atom is -0.398 e. The number of aryl methyl sites for hydroxylation is 2. The summed E-state index contributed by atoms with van der Waals surface area (Å²) in [7, 11) is 0. The van der Waals surface area contributed by atoms with Gasteiger partial charge in [-0.15, -0.1) is 0 Å². The summed E-state index contributed by atoms with van der Waals surface area (Å²) in [6.07, 6.45) is 3.23. The zero-order valence-electron chi connectivity index (χ0n) is 9.18. The molecular weight excluding hydrogens is 220 g/mol. The Morgan fingerprint density at radius 3 is 2.94 bits per heavy atom. The second-order valence-corrected chi connectivity index (χ2v) is 4.80. The number of nitrogens with zero attached hydrogens (tertiary/aromatic N) is 1. The molecule has 0 fully saturated rings. The van der Waals surface area contributed by atoms with E-state index in [1.807, 2.05) is 12.1 Å². The van der Waals surface area contributed by atoms with Gasteiger partial charge in [-0.2, -0.15) is 0 Å². The van der Waals surface area contributed by atoms with E-state index < -0.39 is 0 Å². The van der Waals surface area contributed by atoms with Crippen molar-refractivity contribution in [2.24, 2.45) is 0 Å². The number of benzene rings is 1. The lowest BCUT2D eigenvalue weighted by atomic mass is 10.0. The number of anilines is 1. The van der Waals surface area contributed by atoms with Gasteiger partial charge < -0.3 is 5.73 Å². The predicted molar refractivity (Wildman–Crippen MR) is 67.9 cm³/mol. The number of nitrogen functional groups attached to an aromatic ring is 1. The number of hydrogen-bond donors (Lipinski definition) is 1. The van der Waals surface area contributed by atoms with Crippen LogP contribution in [0.1, 0.15) is 23.2 Å². The molecule has 1 aromatic heterocycles. The van der Waals surface area contributed by atoms with Crippen molar-refractivity contribution in [2.45, 2.75) is 26.2 Å². The predicted octanol–water partition coefficient (Wildman–Crippen LogP) is 3.27. The van der Waals surface area contributed by atoms with Crippen molar-refractivity contribution < 1.29 is 0 Å². The lowest BCUT2D eigenvalue weighted by molar-refractivity contribution is 0.901. The van der Waals surface area contributed by atoms with Gasteiger partial charge in [0.15, 0.2) is 0 Å². The largest absolute Gasteiger partial charge is 0.398 e. The number of halogens is 1. The van der Waals surface area contributed by atoms with Crippen LogP contribution in [0.5, 0.6) is 0 Å². The van der Waals surface area contributed by atoms with Gasteiger partial charge in [-0.1, -0.05) is 17.7 Å². The van der Waals surface area contributed by atoms with Gasteiger partial charge in [-0.3, -0.25) is 4.98 Å². The van der Waals surface area contributed by atoms with Gasteiger partial charge in [0.05, 0.1) is 10.5 Å². The minimum atomic E-state index is 0.696. The van der Waals surface area contributed by atoms with Gasteiger partial charge in [0, 0.05) is 16.8 Å². The Morgan fingerprint density at radius 1 is 1.31 bits per heavy atom. The van der Waals surface area contributed by atoms with Gasteiger partial charge in [0.1, 0.15) is 0 Å². The number of pyridine rings is 1. The fourth-order valence-electron chi connectivity index (χ4n) is 2.54. The molecular formula is C13H13ClN2. The number of aromatic nitrogens is 1. The zero-order valence-corrected chi connectivity index (χ0v) is 9.93. The lowest BCUT2D eigenvalue weighted by Gasteiger charge is -2.11. The van der Waals surface area contributed by atoms with E-state index in [0.717, 1.165) is 47.1 Å². The summed E-state index contributed by atoms with van der Waals surface area (Å²) in [6, 6.07) is 3.90. The van der Waals surface area contributed by atoms with Gasteiger partial charge in [0.25, 0.3) is 0 Å². The molecule has 1 aromatic carbocycles. The fourth-order valence-corrected chi connectivity index (χ4v) is 2.74. The first-order valence-corrected chi connectivity index (χ1v) is 5.92. The van der Waals surface area contributed by atoms with Crippen molar-refractivity contribution in [1.29, 1.82) is 0 Å². The Labute approximate surface area is 99.4 Å². The van der Waals surface area contributed by atoms with Gasteiger partial charge in [-0.25, -0.2) is 0 Å². The molecule has 0 radical (unpaired) electrons. The molecule has 0 atom stereocenters. The Kier molecular flexibility index (Phi) is 2.08. The molecule has 16 heavy (non-hydrogen) atoms. The van der Waals surface area contributed by atoms with E-state index in [0.29, 0.717) is 5.02 Å². The zero-order chi connectivity index (χ0) is 11.3. The van der Waals surface area contributed by atoms with Crippen LogP contribution in [0.3, 0.4) is 0 Å². The highest BCUT2D eigenvalue weighted by Crippen LogP contribution is 2.36. The number of nitrogens with two attached hydrogens (primary N) is 1. The monoisotopic (exact) mass is 232 g/mol. The molecule has 0 saturated carbocycles. The van der Waals surface area contributed by atoms with Crippen LogP contribution in [0.15, 0.2) is 12.1 Å². The highest BCUT2D eigenvalue weighted by Gasteiger charge is 2.19. The maximum atomic E-state index is 6.24. The first-order chi connectivity index (χ1) is 7.68.